The molecule has 1 heterocycles. The molecule has 0 fully saturated rings. The largest absolute Gasteiger partial charge is 0.451 e. The fourth-order valence-corrected chi connectivity index (χ4v) is 1.58. The number of amides is 1. The summed E-state index contributed by atoms with van der Waals surface area (Å²) in [5, 5.41) is 13.4. The fraction of sp³-hybridized carbons (Fsp3) is 0.357. The summed E-state index contributed by atoms with van der Waals surface area (Å²) in [4.78, 5) is 11.9. The highest BCUT2D eigenvalue weighted by Crippen LogP contribution is 2.18. The van der Waals surface area contributed by atoms with Gasteiger partial charge in [-0.25, -0.2) is 0 Å². The van der Waals surface area contributed by atoms with Crippen LogP contribution in [0.4, 0.5) is 0 Å². The van der Waals surface area contributed by atoms with Gasteiger partial charge in [0.15, 0.2) is 5.76 Å². The van der Waals surface area contributed by atoms with Crippen molar-refractivity contribution in [2.75, 3.05) is 6.54 Å². The fourth-order valence-electron chi connectivity index (χ4n) is 1.58. The lowest BCUT2D eigenvalue weighted by Gasteiger charge is -2.20. The highest BCUT2D eigenvalue weighted by atomic mass is 16.3. The Morgan fingerprint density at radius 2 is 2.17 bits per heavy atom. The van der Waals surface area contributed by atoms with Crippen molar-refractivity contribution < 1.29 is 14.3 Å². The van der Waals surface area contributed by atoms with Gasteiger partial charge in [0.2, 0.25) is 0 Å². The molecule has 0 saturated carbocycles. The summed E-state index contributed by atoms with van der Waals surface area (Å²) in [5.74, 6) is -0.0389. The first-order valence-electron chi connectivity index (χ1n) is 6.01. The number of hydrogen-bond donors (Lipinski definition) is 2. The van der Waals surface area contributed by atoms with E-state index >= 15 is 0 Å². The normalized spacial score (nSPS) is 14.4. The Balaban J connectivity index is 2.09. The van der Waals surface area contributed by atoms with Crippen LogP contribution in [0.15, 0.2) is 34.7 Å². The van der Waals surface area contributed by atoms with Crippen molar-refractivity contribution in [3.05, 3.63) is 36.1 Å². The molecule has 0 saturated heterocycles. The number of para-hydroxylation sites is 1. The van der Waals surface area contributed by atoms with Crippen molar-refractivity contribution >= 4 is 16.9 Å². The lowest BCUT2D eigenvalue weighted by Crippen LogP contribution is -2.39. The van der Waals surface area contributed by atoms with Gasteiger partial charge in [-0.05, 0) is 25.5 Å². The molecule has 1 atom stereocenters. The van der Waals surface area contributed by atoms with Crippen molar-refractivity contribution in [1.29, 1.82) is 0 Å². The maximum absolute atomic E-state index is 11.9. The van der Waals surface area contributed by atoms with Crippen molar-refractivity contribution in [3.8, 4) is 0 Å². The molecular formula is C14H17NO3. The predicted octanol–water partition coefficient (Wildman–Crippen LogP) is 2.32. The first-order valence-corrected chi connectivity index (χ1v) is 6.01. The Hall–Kier alpha value is -1.81. The van der Waals surface area contributed by atoms with Crippen molar-refractivity contribution in [2.45, 2.75) is 25.9 Å². The average molecular weight is 247 g/mol. The minimum absolute atomic E-state index is 0.208. The Morgan fingerprint density at radius 3 is 2.83 bits per heavy atom. The van der Waals surface area contributed by atoms with Crippen LogP contribution in [0.2, 0.25) is 0 Å². The van der Waals surface area contributed by atoms with E-state index in [-0.39, 0.29) is 18.2 Å². The van der Waals surface area contributed by atoms with Gasteiger partial charge in [-0.15, -0.1) is 0 Å². The number of furan rings is 1. The average Bonchev–Trinajstić information content (AvgIpc) is 2.80. The van der Waals surface area contributed by atoms with Crippen LogP contribution in [0, 0.1) is 0 Å². The van der Waals surface area contributed by atoms with E-state index in [1.807, 2.05) is 31.2 Å². The second-order valence-electron chi connectivity index (χ2n) is 4.68. The van der Waals surface area contributed by atoms with Gasteiger partial charge in [0.05, 0.1) is 5.60 Å². The Bertz CT molecular complexity index is 524. The smallest absolute Gasteiger partial charge is 0.287 e. The highest BCUT2D eigenvalue weighted by molar-refractivity contribution is 5.96. The summed E-state index contributed by atoms with van der Waals surface area (Å²) in [5.41, 5.74) is -0.202. The molecule has 0 aliphatic rings. The second kappa shape index (κ2) is 4.82. The third-order valence-electron chi connectivity index (χ3n) is 3.04. The predicted molar refractivity (Wildman–Crippen MR) is 69.5 cm³/mol. The summed E-state index contributed by atoms with van der Waals surface area (Å²) in [7, 11) is 0. The SMILES string of the molecule is CCC(C)(O)CNC(=O)c1cc2ccccc2o1. The van der Waals surface area contributed by atoms with E-state index in [2.05, 4.69) is 5.32 Å². The van der Waals surface area contributed by atoms with E-state index in [0.29, 0.717) is 12.0 Å². The zero-order valence-electron chi connectivity index (χ0n) is 10.6. The molecule has 2 rings (SSSR count). The zero-order chi connectivity index (χ0) is 13.2. The second-order valence-corrected chi connectivity index (χ2v) is 4.68. The van der Waals surface area contributed by atoms with E-state index in [9.17, 15) is 9.90 Å². The molecule has 0 spiro atoms. The number of nitrogens with one attached hydrogen (secondary N) is 1. The van der Waals surface area contributed by atoms with E-state index in [4.69, 9.17) is 4.42 Å². The van der Waals surface area contributed by atoms with Crippen LogP contribution in [0.25, 0.3) is 11.0 Å². The Labute approximate surface area is 106 Å². The first kappa shape index (κ1) is 12.6. The number of fused-ring (bicyclic) bond motifs is 1. The molecule has 1 unspecified atom stereocenters. The summed E-state index contributed by atoms with van der Waals surface area (Å²) >= 11 is 0. The van der Waals surface area contributed by atoms with Crippen molar-refractivity contribution in [2.24, 2.45) is 0 Å². The highest BCUT2D eigenvalue weighted by Gasteiger charge is 2.20. The van der Waals surface area contributed by atoms with E-state index in [1.165, 1.54) is 0 Å². The molecule has 1 aromatic heterocycles. The molecule has 2 aromatic rings. The molecule has 18 heavy (non-hydrogen) atoms. The van der Waals surface area contributed by atoms with Crippen LogP contribution in [0.5, 0.6) is 0 Å². The molecule has 4 nitrogen and oxygen atoms in total. The minimum Gasteiger partial charge on any atom is -0.451 e. The number of carbonyl (C=O) groups is 1. The summed E-state index contributed by atoms with van der Waals surface area (Å²) in [6.07, 6.45) is 0.577. The third-order valence-corrected chi connectivity index (χ3v) is 3.04. The monoisotopic (exact) mass is 247 g/mol. The maximum Gasteiger partial charge on any atom is 0.287 e. The summed E-state index contributed by atoms with van der Waals surface area (Å²) in [6.45, 7) is 3.76. The quantitative estimate of drug-likeness (QED) is 0.871. The van der Waals surface area contributed by atoms with Crippen molar-refractivity contribution in [3.63, 3.8) is 0 Å². The lowest BCUT2D eigenvalue weighted by molar-refractivity contribution is 0.0512. The molecule has 0 aliphatic carbocycles. The maximum atomic E-state index is 11.9. The molecule has 2 N–H and O–H groups in total. The minimum atomic E-state index is -0.887. The number of rotatable bonds is 4. The molecule has 0 bridgehead atoms. The molecule has 0 radical (unpaired) electrons. The van der Waals surface area contributed by atoms with E-state index < -0.39 is 5.60 Å². The van der Waals surface area contributed by atoms with Crippen LogP contribution in [0.1, 0.15) is 30.8 Å². The molecule has 0 aliphatic heterocycles. The van der Waals surface area contributed by atoms with Gasteiger partial charge in [-0.1, -0.05) is 25.1 Å². The van der Waals surface area contributed by atoms with Gasteiger partial charge < -0.3 is 14.8 Å². The van der Waals surface area contributed by atoms with Crippen LogP contribution < -0.4 is 5.32 Å². The van der Waals surface area contributed by atoms with Gasteiger partial charge in [-0.2, -0.15) is 0 Å². The van der Waals surface area contributed by atoms with Crippen LogP contribution >= 0.6 is 0 Å². The lowest BCUT2D eigenvalue weighted by atomic mass is 10.0. The summed E-state index contributed by atoms with van der Waals surface area (Å²) < 4.78 is 5.44. The van der Waals surface area contributed by atoms with E-state index in [0.717, 1.165) is 5.39 Å². The molecule has 1 amide bonds. The molecule has 4 heteroatoms. The topological polar surface area (TPSA) is 62.5 Å². The Kier molecular flexibility index (Phi) is 3.39. The summed E-state index contributed by atoms with van der Waals surface area (Å²) in [6, 6.07) is 9.15. The molecule has 96 valence electrons. The molecule has 1 aromatic carbocycles. The van der Waals surface area contributed by atoms with Crippen LogP contribution in [-0.4, -0.2) is 23.2 Å². The zero-order valence-corrected chi connectivity index (χ0v) is 10.6. The standard InChI is InChI=1S/C14H17NO3/c1-3-14(2,17)9-15-13(16)12-8-10-6-4-5-7-11(10)18-12/h4-8,17H,3,9H2,1-2H3,(H,15,16). The van der Waals surface area contributed by atoms with Gasteiger partial charge in [0.25, 0.3) is 5.91 Å². The number of benzene rings is 1. The van der Waals surface area contributed by atoms with Crippen molar-refractivity contribution in [1.82, 2.24) is 5.32 Å². The third kappa shape index (κ3) is 2.71. The van der Waals surface area contributed by atoms with Gasteiger partial charge >= 0.3 is 0 Å². The molecular weight excluding hydrogens is 230 g/mol. The van der Waals surface area contributed by atoms with Crippen LogP contribution in [0.3, 0.4) is 0 Å². The number of carbonyl (C=O) groups excluding carboxylic acids is 1. The van der Waals surface area contributed by atoms with E-state index in [1.54, 1.807) is 13.0 Å². The number of aliphatic hydroxyl groups is 1. The number of hydrogen-bond acceptors (Lipinski definition) is 3. The van der Waals surface area contributed by atoms with Gasteiger partial charge in [-0.3, -0.25) is 4.79 Å². The Morgan fingerprint density at radius 1 is 1.44 bits per heavy atom. The van der Waals surface area contributed by atoms with Gasteiger partial charge in [0, 0.05) is 11.9 Å². The first-order chi connectivity index (χ1) is 8.52. The van der Waals surface area contributed by atoms with Crippen LogP contribution in [-0.2, 0) is 0 Å². The van der Waals surface area contributed by atoms with Gasteiger partial charge in [0.1, 0.15) is 5.58 Å².